The molecule has 0 atom stereocenters. The number of ether oxygens (including phenoxy) is 1. The number of nitrogens with one attached hydrogen (secondary N) is 1. The van der Waals surface area contributed by atoms with E-state index < -0.39 is 0 Å². The zero-order valence-corrected chi connectivity index (χ0v) is 12.3. The van der Waals surface area contributed by atoms with Gasteiger partial charge in [0.25, 0.3) is 0 Å². The molecule has 2 nitrogen and oxygen atoms in total. The van der Waals surface area contributed by atoms with Crippen LogP contribution in [-0.2, 0) is 6.54 Å². The molecule has 0 aliphatic rings. The molecule has 0 radical (unpaired) electrons. The van der Waals surface area contributed by atoms with E-state index in [1.807, 2.05) is 0 Å². The lowest BCUT2D eigenvalue weighted by Crippen LogP contribution is -2.21. The smallest absolute Gasteiger partial charge is 0.125 e. The first kappa shape index (κ1) is 15.1. The van der Waals surface area contributed by atoms with Gasteiger partial charge in [-0.2, -0.15) is 0 Å². The first-order valence-electron chi connectivity index (χ1n) is 6.26. The fourth-order valence-electron chi connectivity index (χ4n) is 1.86. The summed E-state index contributed by atoms with van der Waals surface area (Å²) in [6, 6.07) is 4.83. The van der Waals surface area contributed by atoms with Crippen LogP contribution < -0.4 is 10.1 Å². The van der Waals surface area contributed by atoms with Crippen molar-refractivity contribution in [3.63, 3.8) is 0 Å². The number of benzene rings is 1. The summed E-state index contributed by atoms with van der Waals surface area (Å²) in [7, 11) is 0. The SMILES string of the molecule is Cc1cc(CNC(C)C)cc(C)c1OC/C=C/Cl. The summed E-state index contributed by atoms with van der Waals surface area (Å²) >= 11 is 5.47. The molecule has 100 valence electrons. The number of halogens is 1. The van der Waals surface area contributed by atoms with E-state index in [0.717, 1.165) is 12.3 Å². The number of aryl methyl sites for hydroxylation is 2. The molecule has 1 rings (SSSR count). The van der Waals surface area contributed by atoms with Crippen molar-refractivity contribution < 1.29 is 4.74 Å². The summed E-state index contributed by atoms with van der Waals surface area (Å²) in [6.07, 6.45) is 1.79. The summed E-state index contributed by atoms with van der Waals surface area (Å²) < 4.78 is 5.70. The minimum absolute atomic E-state index is 0.496. The molecule has 0 spiro atoms. The van der Waals surface area contributed by atoms with Crippen LogP contribution in [0.5, 0.6) is 5.75 Å². The summed E-state index contributed by atoms with van der Waals surface area (Å²) in [4.78, 5) is 0. The molecule has 18 heavy (non-hydrogen) atoms. The van der Waals surface area contributed by atoms with Crippen molar-refractivity contribution in [2.75, 3.05) is 6.61 Å². The first-order valence-corrected chi connectivity index (χ1v) is 6.69. The van der Waals surface area contributed by atoms with Gasteiger partial charge in [-0.15, -0.1) is 0 Å². The monoisotopic (exact) mass is 267 g/mol. The second-order valence-electron chi connectivity index (χ2n) is 4.77. The van der Waals surface area contributed by atoms with Crippen molar-refractivity contribution >= 4 is 11.6 Å². The third-order valence-corrected chi connectivity index (χ3v) is 2.83. The average Bonchev–Trinajstić information content (AvgIpc) is 2.30. The van der Waals surface area contributed by atoms with Crippen LogP contribution in [0.1, 0.15) is 30.5 Å². The lowest BCUT2D eigenvalue weighted by Gasteiger charge is -2.14. The second-order valence-corrected chi connectivity index (χ2v) is 5.02. The van der Waals surface area contributed by atoms with Gasteiger partial charge in [0.15, 0.2) is 0 Å². The standard InChI is InChI=1S/C15H22ClNO/c1-11(2)17-10-14-8-12(3)15(13(4)9-14)18-7-5-6-16/h5-6,8-9,11,17H,7,10H2,1-4H3/b6-5+. The molecular formula is C15H22ClNO. The molecule has 0 saturated heterocycles. The highest BCUT2D eigenvalue weighted by atomic mass is 35.5. The molecule has 1 aromatic carbocycles. The molecule has 0 unspecified atom stereocenters. The van der Waals surface area contributed by atoms with Gasteiger partial charge in [-0.25, -0.2) is 0 Å². The lowest BCUT2D eigenvalue weighted by molar-refractivity contribution is 0.357. The van der Waals surface area contributed by atoms with Crippen LogP contribution in [0.25, 0.3) is 0 Å². The van der Waals surface area contributed by atoms with Gasteiger partial charge in [0, 0.05) is 18.1 Å². The predicted octanol–water partition coefficient (Wildman–Crippen LogP) is 3.93. The second kappa shape index (κ2) is 7.45. The molecular weight excluding hydrogens is 246 g/mol. The third kappa shape index (κ3) is 4.71. The highest BCUT2D eigenvalue weighted by Crippen LogP contribution is 2.24. The normalized spacial score (nSPS) is 11.4. The Bertz CT molecular complexity index is 390. The lowest BCUT2D eigenvalue weighted by atomic mass is 10.1. The summed E-state index contributed by atoms with van der Waals surface area (Å²) in [5.41, 5.74) is 5.10. The van der Waals surface area contributed by atoms with E-state index in [2.05, 4.69) is 45.1 Å². The third-order valence-electron chi connectivity index (χ3n) is 2.65. The Hall–Kier alpha value is -0.990. The zero-order valence-electron chi connectivity index (χ0n) is 11.6. The predicted molar refractivity (Wildman–Crippen MR) is 78.4 cm³/mol. The van der Waals surface area contributed by atoms with Gasteiger partial charge in [-0.3, -0.25) is 0 Å². The molecule has 3 heteroatoms. The van der Waals surface area contributed by atoms with E-state index in [4.69, 9.17) is 16.3 Å². The minimum atomic E-state index is 0.496. The van der Waals surface area contributed by atoms with Crippen molar-refractivity contribution in [1.29, 1.82) is 0 Å². The molecule has 0 saturated carbocycles. The Morgan fingerprint density at radius 3 is 2.39 bits per heavy atom. The Morgan fingerprint density at radius 2 is 1.89 bits per heavy atom. The van der Waals surface area contributed by atoms with E-state index in [1.165, 1.54) is 22.2 Å². The zero-order chi connectivity index (χ0) is 13.5. The highest BCUT2D eigenvalue weighted by Gasteiger charge is 2.06. The van der Waals surface area contributed by atoms with Gasteiger partial charge in [-0.1, -0.05) is 37.6 Å². The van der Waals surface area contributed by atoms with Crippen LogP contribution in [0, 0.1) is 13.8 Å². The Kier molecular flexibility index (Phi) is 6.23. The number of hydrogen-bond donors (Lipinski definition) is 1. The summed E-state index contributed by atoms with van der Waals surface area (Å²) in [6.45, 7) is 9.85. The van der Waals surface area contributed by atoms with E-state index in [1.54, 1.807) is 6.08 Å². The van der Waals surface area contributed by atoms with Gasteiger partial charge in [0.05, 0.1) is 0 Å². The number of rotatable bonds is 6. The fourth-order valence-corrected chi connectivity index (χ4v) is 1.93. The molecule has 0 aromatic heterocycles. The Labute approximate surface area is 115 Å². The molecule has 1 aromatic rings. The maximum absolute atomic E-state index is 5.70. The van der Waals surface area contributed by atoms with Crippen LogP contribution in [0.3, 0.4) is 0 Å². The number of hydrogen-bond acceptors (Lipinski definition) is 2. The van der Waals surface area contributed by atoms with Crippen LogP contribution in [-0.4, -0.2) is 12.6 Å². The van der Waals surface area contributed by atoms with Gasteiger partial charge in [0.1, 0.15) is 12.4 Å². The van der Waals surface area contributed by atoms with Crippen molar-refractivity contribution in [2.24, 2.45) is 0 Å². The van der Waals surface area contributed by atoms with Crippen LogP contribution in [0.15, 0.2) is 23.7 Å². The van der Waals surface area contributed by atoms with E-state index in [9.17, 15) is 0 Å². The Morgan fingerprint density at radius 1 is 1.28 bits per heavy atom. The van der Waals surface area contributed by atoms with E-state index in [0.29, 0.717) is 12.6 Å². The summed E-state index contributed by atoms with van der Waals surface area (Å²) in [5.74, 6) is 0.957. The Balaban J connectivity index is 2.77. The van der Waals surface area contributed by atoms with Crippen molar-refractivity contribution in [3.05, 3.63) is 40.4 Å². The average molecular weight is 268 g/mol. The maximum Gasteiger partial charge on any atom is 0.125 e. The van der Waals surface area contributed by atoms with Crippen molar-refractivity contribution in [1.82, 2.24) is 5.32 Å². The molecule has 1 N–H and O–H groups in total. The fraction of sp³-hybridized carbons (Fsp3) is 0.467. The highest BCUT2D eigenvalue weighted by molar-refractivity contribution is 6.25. The minimum Gasteiger partial charge on any atom is -0.489 e. The molecule has 0 amide bonds. The molecule has 0 fully saturated rings. The molecule has 0 aliphatic carbocycles. The molecule has 0 heterocycles. The van der Waals surface area contributed by atoms with Gasteiger partial charge >= 0.3 is 0 Å². The van der Waals surface area contributed by atoms with Crippen LogP contribution in [0.2, 0.25) is 0 Å². The quantitative estimate of drug-likeness (QED) is 0.843. The van der Waals surface area contributed by atoms with Crippen molar-refractivity contribution in [3.8, 4) is 5.75 Å². The molecule has 0 bridgehead atoms. The van der Waals surface area contributed by atoms with E-state index >= 15 is 0 Å². The maximum atomic E-state index is 5.70. The van der Waals surface area contributed by atoms with Gasteiger partial charge in [0.2, 0.25) is 0 Å². The molecule has 0 aliphatic heterocycles. The largest absolute Gasteiger partial charge is 0.489 e. The van der Waals surface area contributed by atoms with Crippen LogP contribution in [0.4, 0.5) is 0 Å². The summed E-state index contributed by atoms with van der Waals surface area (Å²) in [5, 5.41) is 3.42. The van der Waals surface area contributed by atoms with Crippen LogP contribution >= 0.6 is 11.6 Å². The van der Waals surface area contributed by atoms with Crippen molar-refractivity contribution in [2.45, 2.75) is 40.3 Å². The van der Waals surface area contributed by atoms with E-state index in [-0.39, 0.29) is 0 Å². The first-order chi connectivity index (χ1) is 8.54. The van der Waals surface area contributed by atoms with Gasteiger partial charge in [-0.05, 0) is 36.6 Å². The van der Waals surface area contributed by atoms with Gasteiger partial charge < -0.3 is 10.1 Å². The topological polar surface area (TPSA) is 21.3 Å².